The zero-order valence-electron chi connectivity index (χ0n) is 21.7. The third-order valence-corrected chi connectivity index (χ3v) is 8.31. The van der Waals surface area contributed by atoms with Crippen LogP contribution in [0.15, 0.2) is 36.4 Å². The first kappa shape index (κ1) is 25.1. The molecule has 3 saturated heterocycles. The number of fused-ring (bicyclic) bond motifs is 1. The zero-order valence-corrected chi connectivity index (χ0v) is 21.7. The van der Waals surface area contributed by atoms with Gasteiger partial charge in [0.15, 0.2) is 17.6 Å². The highest BCUT2D eigenvalue weighted by Gasteiger charge is 2.66. The van der Waals surface area contributed by atoms with Crippen molar-refractivity contribution in [1.82, 2.24) is 36.5 Å². The number of hydrogen-bond donors (Lipinski definition) is 8. The molecule has 1 aromatic heterocycles. The van der Waals surface area contributed by atoms with E-state index in [2.05, 4.69) is 37.6 Å². The summed E-state index contributed by atoms with van der Waals surface area (Å²) in [7, 11) is 0. The lowest BCUT2D eigenvalue weighted by Crippen LogP contribution is -2.78. The van der Waals surface area contributed by atoms with Gasteiger partial charge < -0.3 is 36.6 Å². The molecule has 8 N–H and O–H groups in total. The predicted octanol–water partition coefficient (Wildman–Crippen LogP) is -0.427. The summed E-state index contributed by atoms with van der Waals surface area (Å²) in [5, 5.41) is 43.8. The molecule has 0 saturated carbocycles. The standard InChI is InChI=1S/C27H33N9O3/c1-14-6-4-11-18(31-14)24(39)30-12-19-21-27(35-25(28)34-21)22(37)20(13-36(27)26(29)33-19)32-23(38)17-10-5-8-15-7-2-3-9-16(15)17/h4-6,8,10-11,19-22,37H,2-3,7,9,12-13H2,1H3,(H2,29,33)(H,30,39)(H,32,38)(H3,28,34,35)/t19-,20?,21-,22+,27?/m0/s1. The van der Waals surface area contributed by atoms with E-state index in [0.29, 0.717) is 5.56 Å². The number of carbonyl (C=O) groups excluding carboxylic acids is 2. The molecule has 2 aromatic rings. The van der Waals surface area contributed by atoms with Crippen molar-refractivity contribution in [3.8, 4) is 0 Å². The molecule has 1 aromatic carbocycles. The number of guanidine groups is 2. The molecule has 3 fully saturated rings. The Bertz CT molecular complexity index is 1360. The summed E-state index contributed by atoms with van der Waals surface area (Å²) < 4.78 is 0. The lowest BCUT2D eigenvalue weighted by molar-refractivity contribution is 0.00612. The molecule has 6 rings (SSSR count). The third kappa shape index (κ3) is 4.15. The highest BCUT2D eigenvalue weighted by atomic mass is 16.3. The third-order valence-electron chi connectivity index (χ3n) is 8.31. The molecule has 2 amide bonds. The summed E-state index contributed by atoms with van der Waals surface area (Å²) in [5.74, 6) is -0.564. The number of carbonyl (C=O) groups is 2. The van der Waals surface area contributed by atoms with Gasteiger partial charge in [0.1, 0.15) is 11.8 Å². The van der Waals surface area contributed by atoms with Crippen LogP contribution in [0.5, 0.6) is 0 Å². The van der Waals surface area contributed by atoms with Crippen LogP contribution in [0.2, 0.25) is 0 Å². The molecule has 12 heteroatoms. The predicted molar refractivity (Wildman–Crippen MR) is 144 cm³/mol. The van der Waals surface area contributed by atoms with Crippen molar-refractivity contribution in [2.75, 3.05) is 13.1 Å². The van der Waals surface area contributed by atoms with E-state index in [1.54, 1.807) is 17.0 Å². The van der Waals surface area contributed by atoms with Crippen LogP contribution in [0.4, 0.5) is 0 Å². The first-order chi connectivity index (χ1) is 18.8. The number of benzene rings is 1. The Hall–Kier alpha value is -4.19. The van der Waals surface area contributed by atoms with Crippen LogP contribution < -0.4 is 26.6 Å². The van der Waals surface area contributed by atoms with E-state index in [9.17, 15) is 14.7 Å². The number of nitrogens with zero attached hydrogens (tertiary/aromatic N) is 2. The van der Waals surface area contributed by atoms with Gasteiger partial charge >= 0.3 is 0 Å². The van der Waals surface area contributed by atoms with Gasteiger partial charge in [-0.25, -0.2) is 4.98 Å². The number of aliphatic hydroxyl groups excluding tert-OH is 1. The zero-order chi connectivity index (χ0) is 27.3. The van der Waals surface area contributed by atoms with Gasteiger partial charge in [-0.15, -0.1) is 0 Å². The molecule has 4 aliphatic rings. The Morgan fingerprint density at radius 1 is 1.13 bits per heavy atom. The fourth-order valence-electron chi connectivity index (χ4n) is 6.50. The second kappa shape index (κ2) is 9.53. The molecule has 12 nitrogen and oxygen atoms in total. The number of nitrogens with one attached hydrogen (secondary N) is 7. The largest absolute Gasteiger partial charge is 0.386 e. The van der Waals surface area contributed by atoms with E-state index in [1.165, 1.54) is 5.56 Å². The van der Waals surface area contributed by atoms with Crippen molar-refractivity contribution in [3.63, 3.8) is 0 Å². The molecule has 5 atom stereocenters. The van der Waals surface area contributed by atoms with Crippen molar-refractivity contribution in [2.24, 2.45) is 0 Å². The van der Waals surface area contributed by atoms with E-state index in [4.69, 9.17) is 10.8 Å². The van der Waals surface area contributed by atoms with E-state index >= 15 is 0 Å². The number of hydrogen-bond acceptors (Lipinski definition) is 6. The van der Waals surface area contributed by atoms with Crippen LogP contribution in [0, 0.1) is 17.7 Å². The second-order valence-corrected chi connectivity index (χ2v) is 10.7. The summed E-state index contributed by atoms with van der Waals surface area (Å²) in [4.78, 5) is 32.1. The molecule has 0 radical (unpaired) electrons. The minimum Gasteiger partial charge on any atom is -0.386 e. The smallest absolute Gasteiger partial charge is 0.269 e. The maximum atomic E-state index is 13.4. The number of aliphatic hydroxyl groups is 1. The SMILES string of the molecule is Cc1cccc(C(=O)NC[C@@H]2NC(=N)N3CC(NC(=O)c4cccc5c4CCCC5)[C@@H](O)C34NC(=N)N[C@@H]24)n1. The van der Waals surface area contributed by atoms with Crippen LogP contribution in [0.3, 0.4) is 0 Å². The summed E-state index contributed by atoms with van der Waals surface area (Å²) in [6.45, 7) is 2.11. The molecule has 39 heavy (non-hydrogen) atoms. The Balaban J connectivity index is 1.21. The lowest BCUT2D eigenvalue weighted by Gasteiger charge is -2.49. The molecule has 1 spiro atoms. The van der Waals surface area contributed by atoms with Gasteiger partial charge in [0.25, 0.3) is 11.8 Å². The molecular weight excluding hydrogens is 498 g/mol. The van der Waals surface area contributed by atoms with Crippen molar-refractivity contribution >= 4 is 23.7 Å². The van der Waals surface area contributed by atoms with E-state index in [1.807, 2.05) is 25.1 Å². The topological polar surface area (TPSA) is 178 Å². The number of aryl methyl sites for hydroxylation is 2. The van der Waals surface area contributed by atoms with E-state index in [0.717, 1.165) is 36.9 Å². The second-order valence-electron chi connectivity index (χ2n) is 10.7. The minimum atomic E-state index is -1.25. The van der Waals surface area contributed by atoms with Crippen molar-refractivity contribution in [1.29, 1.82) is 10.8 Å². The van der Waals surface area contributed by atoms with Gasteiger partial charge in [-0.1, -0.05) is 18.2 Å². The number of aromatic nitrogens is 1. The fraction of sp³-hybridized carbons (Fsp3) is 0.444. The van der Waals surface area contributed by atoms with Gasteiger partial charge in [-0.05, 0) is 61.9 Å². The number of rotatable bonds is 5. The quantitative estimate of drug-likeness (QED) is 0.256. The molecule has 4 heterocycles. The van der Waals surface area contributed by atoms with Crippen LogP contribution in [-0.2, 0) is 12.8 Å². The van der Waals surface area contributed by atoms with Crippen molar-refractivity contribution in [3.05, 3.63) is 64.5 Å². The van der Waals surface area contributed by atoms with Gasteiger partial charge in [0, 0.05) is 24.3 Å². The van der Waals surface area contributed by atoms with Gasteiger partial charge in [0.05, 0.1) is 18.1 Å². The highest BCUT2D eigenvalue weighted by molar-refractivity contribution is 5.97. The first-order valence-corrected chi connectivity index (χ1v) is 13.4. The molecule has 0 bridgehead atoms. The Kier molecular flexibility index (Phi) is 6.13. The summed E-state index contributed by atoms with van der Waals surface area (Å²) >= 11 is 0. The van der Waals surface area contributed by atoms with E-state index in [-0.39, 0.29) is 42.5 Å². The van der Waals surface area contributed by atoms with E-state index < -0.39 is 29.9 Å². The monoisotopic (exact) mass is 531 g/mol. The summed E-state index contributed by atoms with van der Waals surface area (Å²) in [6.07, 6.45) is 2.83. The van der Waals surface area contributed by atoms with Crippen molar-refractivity contribution < 1.29 is 14.7 Å². The summed E-state index contributed by atoms with van der Waals surface area (Å²) in [5.41, 5.74) is 2.66. The first-order valence-electron chi connectivity index (χ1n) is 13.4. The number of pyridine rings is 1. The summed E-state index contributed by atoms with van der Waals surface area (Å²) in [6, 6.07) is 9.20. The van der Waals surface area contributed by atoms with Crippen LogP contribution in [0.1, 0.15) is 50.5 Å². The molecular formula is C27H33N9O3. The van der Waals surface area contributed by atoms with Crippen LogP contribution in [0.25, 0.3) is 0 Å². The molecule has 1 aliphatic carbocycles. The maximum absolute atomic E-state index is 13.4. The minimum absolute atomic E-state index is 0.00123. The highest BCUT2D eigenvalue weighted by Crippen LogP contribution is 2.37. The Morgan fingerprint density at radius 2 is 1.92 bits per heavy atom. The van der Waals surface area contributed by atoms with Gasteiger partial charge in [0.2, 0.25) is 0 Å². The lowest BCUT2D eigenvalue weighted by atomic mass is 9.86. The molecule has 3 aliphatic heterocycles. The van der Waals surface area contributed by atoms with Crippen molar-refractivity contribution in [2.45, 2.75) is 62.5 Å². The average Bonchev–Trinajstić information content (AvgIpc) is 3.43. The van der Waals surface area contributed by atoms with Crippen LogP contribution in [-0.4, -0.2) is 81.7 Å². The van der Waals surface area contributed by atoms with Gasteiger partial charge in [-0.3, -0.25) is 20.4 Å². The Labute approximate surface area is 226 Å². The number of amides is 2. The molecule has 204 valence electrons. The molecule has 2 unspecified atom stereocenters. The fourth-order valence-corrected chi connectivity index (χ4v) is 6.50. The van der Waals surface area contributed by atoms with Gasteiger partial charge in [-0.2, -0.15) is 0 Å². The maximum Gasteiger partial charge on any atom is 0.269 e. The normalized spacial score (nSPS) is 28.8. The average molecular weight is 532 g/mol. The van der Waals surface area contributed by atoms with Crippen LogP contribution >= 0.6 is 0 Å². The Morgan fingerprint density at radius 3 is 2.74 bits per heavy atom.